The molecule has 0 N–H and O–H groups in total. The van der Waals surface area contributed by atoms with Crippen molar-refractivity contribution >= 4 is 54.2 Å². The summed E-state index contributed by atoms with van der Waals surface area (Å²) in [6.45, 7) is 0. The fraction of sp³-hybridized carbons (Fsp3) is 0.214. The zero-order valence-corrected chi connectivity index (χ0v) is 20.4. The second-order valence-electron chi connectivity index (χ2n) is 8.87. The Kier molecular flexibility index (Phi) is 4.85. The molecule has 0 heterocycles. The molecule has 4 heteroatoms. The summed E-state index contributed by atoms with van der Waals surface area (Å²) in [6, 6.07) is 16.8. The largest absolute Gasteiger partial charge is 0.290 e. The Morgan fingerprint density at radius 2 is 1.41 bits per heavy atom. The smallest absolute Gasteiger partial charge is 0.206 e. The lowest BCUT2D eigenvalue weighted by Crippen LogP contribution is -2.40. The van der Waals surface area contributed by atoms with Crippen LogP contribution < -0.4 is 0 Å². The number of allylic oxidation sites excluding steroid dienone is 4. The van der Waals surface area contributed by atoms with Crippen LogP contribution in [-0.2, 0) is 9.59 Å². The Morgan fingerprint density at radius 1 is 0.750 bits per heavy atom. The van der Waals surface area contributed by atoms with Crippen molar-refractivity contribution in [2.75, 3.05) is 0 Å². The highest BCUT2D eigenvalue weighted by Gasteiger charge is 2.48. The van der Waals surface area contributed by atoms with E-state index in [1.54, 1.807) is 0 Å². The molecule has 0 aromatic heterocycles. The second kappa shape index (κ2) is 7.64. The molecule has 4 aliphatic rings. The third-order valence-electron chi connectivity index (χ3n) is 7.21. The van der Waals surface area contributed by atoms with E-state index in [1.165, 1.54) is 16.3 Å². The number of ketones is 2. The first-order valence-corrected chi connectivity index (χ1v) is 12.6. The zero-order chi connectivity index (χ0) is 22.0. The van der Waals surface area contributed by atoms with Gasteiger partial charge in [-0.25, -0.2) is 0 Å². The Morgan fingerprint density at radius 3 is 2.06 bits per heavy atom. The van der Waals surface area contributed by atoms with E-state index in [2.05, 4.69) is 86.5 Å². The van der Waals surface area contributed by atoms with Crippen molar-refractivity contribution in [3.05, 3.63) is 92.4 Å². The van der Waals surface area contributed by atoms with Gasteiger partial charge in [0.05, 0.1) is 11.8 Å². The van der Waals surface area contributed by atoms with Crippen molar-refractivity contribution in [3.63, 3.8) is 0 Å². The molecule has 2 nitrogen and oxygen atoms in total. The number of carbonyl (C=O) groups is 2. The van der Waals surface area contributed by atoms with Crippen molar-refractivity contribution < 1.29 is 9.59 Å². The van der Waals surface area contributed by atoms with E-state index in [9.17, 15) is 9.59 Å². The van der Waals surface area contributed by atoms with Gasteiger partial charge in [0.1, 0.15) is 0 Å². The number of hydrogen-bond acceptors (Lipinski definition) is 2. The third-order valence-corrected chi connectivity index (χ3v) is 8.33. The van der Waals surface area contributed by atoms with Crippen LogP contribution >= 0.6 is 31.9 Å². The molecule has 158 valence electrons. The molecule has 1 saturated carbocycles. The van der Waals surface area contributed by atoms with Crippen LogP contribution in [0.5, 0.6) is 0 Å². The maximum atomic E-state index is 13.1. The molecular formula is C28H20Br2O2. The van der Waals surface area contributed by atoms with Crippen molar-refractivity contribution in [1.82, 2.24) is 0 Å². The predicted octanol–water partition coefficient (Wildman–Crippen LogP) is 7.70. The Balaban J connectivity index is 1.75. The Labute approximate surface area is 203 Å². The normalized spacial score (nSPS) is 24.1. The predicted molar refractivity (Wildman–Crippen MR) is 135 cm³/mol. The first-order valence-electron chi connectivity index (χ1n) is 11.0. The molecule has 0 radical (unpaired) electrons. The molecule has 1 fully saturated rings. The van der Waals surface area contributed by atoms with E-state index < -0.39 is 0 Å². The molecule has 7 rings (SSSR count). The van der Waals surface area contributed by atoms with Crippen molar-refractivity contribution in [2.45, 2.75) is 37.0 Å². The van der Waals surface area contributed by atoms with Gasteiger partial charge in [-0.15, -0.1) is 0 Å². The minimum absolute atomic E-state index is 0.191. The van der Waals surface area contributed by atoms with Crippen LogP contribution in [0.4, 0.5) is 0 Å². The average Bonchev–Trinajstić information content (AvgIpc) is 2.81. The summed E-state index contributed by atoms with van der Waals surface area (Å²) in [6.07, 6.45) is 8.94. The molecule has 0 aliphatic heterocycles. The fourth-order valence-electron chi connectivity index (χ4n) is 5.87. The van der Waals surface area contributed by atoms with Crippen LogP contribution in [-0.4, -0.2) is 11.6 Å². The van der Waals surface area contributed by atoms with Gasteiger partial charge in [0.2, 0.25) is 11.6 Å². The lowest BCUT2D eigenvalue weighted by Gasteiger charge is -2.40. The van der Waals surface area contributed by atoms with E-state index in [4.69, 9.17) is 0 Å². The number of hydrogen-bond donors (Lipinski definition) is 0. The van der Waals surface area contributed by atoms with Gasteiger partial charge < -0.3 is 0 Å². The molecule has 3 aromatic carbocycles. The summed E-state index contributed by atoms with van der Waals surface area (Å²) in [7, 11) is 0. The highest BCUT2D eigenvalue weighted by molar-refractivity contribution is 9.12. The van der Waals surface area contributed by atoms with Gasteiger partial charge in [0.15, 0.2) is 0 Å². The fourth-order valence-corrected chi connectivity index (χ4v) is 6.47. The van der Waals surface area contributed by atoms with Crippen LogP contribution in [0.15, 0.2) is 75.7 Å². The van der Waals surface area contributed by atoms with Crippen LogP contribution in [0.3, 0.4) is 0 Å². The SMILES string of the molecule is O=C1C(=O)C2CCC1c1c2c(C2C=CC(Br)=CC2)c2ccccc2c1-c1ccc(Br)cc1. The summed E-state index contributed by atoms with van der Waals surface area (Å²) >= 11 is 7.13. The summed E-state index contributed by atoms with van der Waals surface area (Å²) in [5.74, 6) is -0.853. The molecule has 4 aliphatic carbocycles. The molecular weight excluding hydrogens is 528 g/mol. The summed E-state index contributed by atoms with van der Waals surface area (Å²) in [5.41, 5.74) is 5.69. The summed E-state index contributed by atoms with van der Waals surface area (Å²) in [5, 5.41) is 2.36. The topological polar surface area (TPSA) is 34.1 Å². The second-order valence-corrected chi connectivity index (χ2v) is 10.7. The first kappa shape index (κ1) is 20.3. The van der Waals surface area contributed by atoms with Crippen molar-refractivity contribution in [2.24, 2.45) is 0 Å². The molecule has 3 unspecified atom stereocenters. The molecule has 0 spiro atoms. The summed E-state index contributed by atoms with van der Waals surface area (Å²) < 4.78 is 2.11. The quantitative estimate of drug-likeness (QED) is 0.308. The number of carbonyl (C=O) groups excluding carboxylic acids is 2. The molecule has 2 bridgehead atoms. The molecule has 32 heavy (non-hydrogen) atoms. The van der Waals surface area contributed by atoms with E-state index in [0.29, 0.717) is 0 Å². The number of rotatable bonds is 2. The lowest BCUT2D eigenvalue weighted by atomic mass is 9.60. The highest BCUT2D eigenvalue weighted by atomic mass is 79.9. The van der Waals surface area contributed by atoms with Crippen LogP contribution in [0.1, 0.15) is 53.7 Å². The van der Waals surface area contributed by atoms with E-state index in [0.717, 1.165) is 50.5 Å². The van der Waals surface area contributed by atoms with Crippen LogP contribution in [0, 0.1) is 0 Å². The maximum absolute atomic E-state index is 13.1. The van der Waals surface area contributed by atoms with E-state index in [-0.39, 0.29) is 29.3 Å². The van der Waals surface area contributed by atoms with Gasteiger partial charge in [0.25, 0.3) is 0 Å². The highest BCUT2D eigenvalue weighted by Crippen LogP contribution is 2.55. The zero-order valence-electron chi connectivity index (χ0n) is 17.3. The van der Waals surface area contributed by atoms with Gasteiger partial charge in [-0.1, -0.05) is 86.5 Å². The van der Waals surface area contributed by atoms with Gasteiger partial charge in [-0.05, 0) is 70.0 Å². The third kappa shape index (κ3) is 2.96. The number of fused-ring (bicyclic) bond motifs is 3. The first-order chi connectivity index (χ1) is 15.5. The van der Waals surface area contributed by atoms with Gasteiger partial charge in [-0.3, -0.25) is 9.59 Å². The minimum atomic E-state index is -0.334. The van der Waals surface area contributed by atoms with Gasteiger partial charge in [-0.2, -0.15) is 0 Å². The molecule has 0 amide bonds. The number of Topliss-reactive ketones (excluding diaryl/α,β-unsaturated/α-hetero) is 2. The molecule has 0 saturated heterocycles. The monoisotopic (exact) mass is 546 g/mol. The minimum Gasteiger partial charge on any atom is -0.290 e. The van der Waals surface area contributed by atoms with Crippen molar-refractivity contribution in [1.29, 1.82) is 0 Å². The molecule has 3 atom stereocenters. The van der Waals surface area contributed by atoms with Crippen LogP contribution in [0.25, 0.3) is 21.9 Å². The molecule has 3 aromatic rings. The average molecular weight is 548 g/mol. The number of benzene rings is 3. The maximum Gasteiger partial charge on any atom is 0.206 e. The Bertz CT molecular complexity index is 1360. The lowest BCUT2D eigenvalue weighted by molar-refractivity contribution is -0.141. The van der Waals surface area contributed by atoms with Crippen molar-refractivity contribution in [3.8, 4) is 11.1 Å². The van der Waals surface area contributed by atoms with Crippen LogP contribution in [0.2, 0.25) is 0 Å². The van der Waals surface area contributed by atoms with Gasteiger partial charge >= 0.3 is 0 Å². The standard InChI is InChI=1S/C28H20Br2O2/c29-17-9-5-15(6-10-17)23-19-3-1-2-4-20(19)24(16-7-11-18(30)12-8-16)26-22-14-13-21(25(23)26)27(31)28(22)32/h1-7,9-12,16,21-22H,8,13-14H2. The Hall–Kier alpha value is -2.30. The summed E-state index contributed by atoms with van der Waals surface area (Å²) in [4.78, 5) is 26.1. The van der Waals surface area contributed by atoms with E-state index in [1.807, 2.05) is 12.1 Å². The van der Waals surface area contributed by atoms with E-state index >= 15 is 0 Å². The van der Waals surface area contributed by atoms with Gasteiger partial charge in [0, 0.05) is 14.9 Å². The number of halogens is 2.